The van der Waals surface area contributed by atoms with Crippen LogP contribution in [0.15, 0.2) is 79.9 Å². The van der Waals surface area contributed by atoms with Crippen molar-refractivity contribution in [2.45, 2.75) is 25.5 Å². The van der Waals surface area contributed by atoms with Crippen LogP contribution >= 0.6 is 11.6 Å². The van der Waals surface area contributed by atoms with Gasteiger partial charge >= 0.3 is 0 Å². The van der Waals surface area contributed by atoms with Gasteiger partial charge in [0.1, 0.15) is 30.5 Å². The van der Waals surface area contributed by atoms with Crippen LogP contribution in [-0.2, 0) is 16.2 Å². The molecule has 192 valence electrons. The lowest BCUT2D eigenvalue weighted by Crippen LogP contribution is -2.42. The first-order valence-corrected chi connectivity index (χ1v) is 12.5. The van der Waals surface area contributed by atoms with Crippen molar-refractivity contribution < 1.29 is 14.3 Å². The second kappa shape index (κ2) is 11.3. The first-order valence-electron chi connectivity index (χ1n) is 12.1. The van der Waals surface area contributed by atoms with E-state index in [1.807, 2.05) is 24.3 Å². The Labute approximate surface area is 224 Å². The molecule has 2 aromatic carbocycles. The van der Waals surface area contributed by atoms with Crippen LogP contribution in [0.2, 0.25) is 5.02 Å². The number of halogens is 1. The third-order valence-electron chi connectivity index (χ3n) is 6.25. The molecule has 0 radical (unpaired) electrons. The van der Waals surface area contributed by atoms with Crippen LogP contribution in [0.3, 0.4) is 0 Å². The van der Waals surface area contributed by atoms with Crippen molar-refractivity contribution in [1.29, 1.82) is 0 Å². The maximum absolute atomic E-state index is 13.0. The fourth-order valence-electron chi connectivity index (χ4n) is 4.35. The van der Waals surface area contributed by atoms with Crippen molar-refractivity contribution in [2.24, 2.45) is 0 Å². The monoisotopic (exact) mass is 528 g/mol. The highest BCUT2D eigenvalue weighted by molar-refractivity contribution is 6.32. The summed E-state index contributed by atoms with van der Waals surface area (Å²) >= 11 is 6.48. The first-order chi connectivity index (χ1) is 18.5. The third kappa shape index (κ3) is 5.57. The molecule has 3 heterocycles. The zero-order valence-electron chi connectivity index (χ0n) is 20.4. The van der Waals surface area contributed by atoms with Gasteiger partial charge in [-0.3, -0.25) is 14.6 Å². The zero-order chi connectivity index (χ0) is 26.5. The van der Waals surface area contributed by atoms with Gasteiger partial charge in [-0.25, -0.2) is 9.97 Å². The van der Waals surface area contributed by atoms with E-state index in [1.54, 1.807) is 41.6 Å². The number of carbonyl (C=O) groups is 2. The van der Waals surface area contributed by atoms with Crippen molar-refractivity contribution in [2.75, 3.05) is 17.2 Å². The van der Waals surface area contributed by atoms with Gasteiger partial charge in [0.15, 0.2) is 0 Å². The predicted octanol–water partition coefficient (Wildman–Crippen LogP) is 5.12. The number of amides is 2. The van der Waals surface area contributed by atoms with Crippen molar-refractivity contribution in [3.8, 4) is 5.75 Å². The third-order valence-corrected chi connectivity index (χ3v) is 6.55. The molecule has 0 spiro atoms. The molecule has 0 saturated carbocycles. The number of likely N-dealkylation sites (tertiary alicyclic amines) is 1. The molecule has 2 N–H and O–H groups in total. The zero-order valence-corrected chi connectivity index (χ0v) is 21.2. The number of benzene rings is 2. The summed E-state index contributed by atoms with van der Waals surface area (Å²) in [6.07, 6.45) is 7.51. The molecule has 4 aromatic rings. The van der Waals surface area contributed by atoms with E-state index in [1.165, 1.54) is 12.4 Å². The average Bonchev–Trinajstić information content (AvgIpc) is 3.43. The maximum Gasteiger partial charge on any atom is 0.247 e. The van der Waals surface area contributed by atoms with Crippen molar-refractivity contribution in [1.82, 2.24) is 19.9 Å². The van der Waals surface area contributed by atoms with Crippen LogP contribution in [0, 0.1) is 0 Å². The van der Waals surface area contributed by atoms with Gasteiger partial charge < -0.3 is 20.3 Å². The number of pyridine rings is 1. The summed E-state index contributed by atoms with van der Waals surface area (Å²) in [5.74, 6) is 0.630. The number of rotatable bonds is 8. The number of fused-ring (bicyclic) bond motifs is 1. The molecular weight excluding hydrogens is 504 g/mol. The van der Waals surface area contributed by atoms with E-state index in [9.17, 15) is 9.59 Å². The SMILES string of the molecule is C=CC(=O)N1CCC[C@H]1C(=O)Nc1ccc2ncnc(Nc3ccc(OCc4ccncc4)c(Cl)c3)c2c1. The van der Waals surface area contributed by atoms with Crippen molar-refractivity contribution in [3.63, 3.8) is 0 Å². The molecular formula is C28H25ClN6O3. The summed E-state index contributed by atoms with van der Waals surface area (Å²) < 4.78 is 5.84. The topological polar surface area (TPSA) is 109 Å². The Morgan fingerprint density at radius 1 is 1.11 bits per heavy atom. The number of carbonyl (C=O) groups excluding carboxylic acids is 2. The fraction of sp³-hybridized carbons (Fsp3) is 0.179. The van der Waals surface area contributed by atoms with Crippen LogP contribution in [0.1, 0.15) is 18.4 Å². The molecule has 1 aliphatic rings. The predicted molar refractivity (Wildman–Crippen MR) is 146 cm³/mol. The largest absolute Gasteiger partial charge is 0.487 e. The molecule has 9 nitrogen and oxygen atoms in total. The summed E-state index contributed by atoms with van der Waals surface area (Å²) in [6.45, 7) is 4.45. The Bertz CT molecular complexity index is 1500. The van der Waals surface area contributed by atoms with Gasteiger partial charge in [0.05, 0.1) is 10.5 Å². The van der Waals surface area contributed by atoms with Crippen molar-refractivity contribution >= 4 is 51.5 Å². The van der Waals surface area contributed by atoms with E-state index in [-0.39, 0.29) is 11.8 Å². The van der Waals surface area contributed by atoms with Crippen LogP contribution in [-0.4, -0.2) is 44.3 Å². The smallest absolute Gasteiger partial charge is 0.247 e. The summed E-state index contributed by atoms with van der Waals surface area (Å²) in [5, 5.41) is 7.37. The van der Waals surface area contributed by atoms with Gasteiger partial charge in [0, 0.05) is 35.7 Å². The van der Waals surface area contributed by atoms with Crippen LogP contribution in [0.25, 0.3) is 10.9 Å². The standard InChI is InChI=1S/C28H25ClN6O3/c1-2-26(36)35-13-3-4-24(35)28(37)34-19-5-7-23-21(14-19)27(32-17-31-23)33-20-6-8-25(22(29)15-20)38-16-18-9-11-30-12-10-18/h2,5-12,14-15,17,24H,1,3-4,13,16H2,(H,34,37)(H,31,32,33)/t24-/m0/s1. The van der Waals surface area contributed by atoms with E-state index in [2.05, 4.69) is 32.2 Å². The van der Waals surface area contributed by atoms with Gasteiger partial charge in [-0.05, 0) is 73.0 Å². The van der Waals surface area contributed by atoms with Crippen LogP contribution in [0.4, 0.5) is 17.2 Å². The number of ether oxygens (including phenoxy) is 1. The Hall–Kier alpha value is -4.50. The van der Waals surface area contributed by atoms with Crippen LogP contribution < -0.4 is 15.4 Å². The molecule has 10 heteroatoms. The summed E-state index contributed by atoms with van der Waals surface area (Å²) in [7, 11) is 0. The van der Waals surface area contributed by atoms with Gasteiger partial charge in [-0.2, -0.15) is 0 Å². The van der Waals surface area contributed by atoms with Crippen molar-refractivity contribution in [3.05, 3.63) is 90.5 Å². The lowest BCUT2D eigenvalue weighted by molar-refractivity contribution is -0.132. The number of hydrogen-bond acceptors (Lipinski definition) is 7. The highest BCUT2D eigenvalue weighted by Crippen LogP contribution is 2.32. The van der Waals surface area contributed by atoms with Gasteiger partial charge in [-0.1, -0.05) is 18.2 Å². The highest BCUT2D eigenvalue weighted by Gasteiger charge is 2.33. The molecule has 1 saturated heterocycles. The number of nitrogens with one attached hydrogen (secondary N) is 2. The summed E-state index contributed by atoms with van der Waals surface area (Å²) in [5.41, 5.74) is 2.98. The summed E-state index contributed by atoms with van der Waals surface area (Å²) in [6, 6.07) is 14.0. The highest BCUT2D eigenvalue weighted by atomic mass is 35.5. The molecule has 5 rings (SSSR count). The lowest BCUT2D eigenvalue weighted by atomic mass is 10.1. The molecule has 1 atom stereocenters. The molecule has 0 aliphatic carbocycles. The first kappa shape index (κ1) is 25.2. The minimum Gasteiger partial charge on any atom is -0.487 e. The fourth-order valence-corrected chi connectivity index (χ4v) is 4.59. The second-order valence-corrected chi connectivity index (χ2v) is 9.16. The van der Waals surface area contributed by atoms with E-state index in [0.717, 1.165) is 12.0 Å². The Balaban J connectivity index is 1.32. The molecule has 2 amide bonds. The Morgan fingerprint density at radius 2 is 1.92 bits per heavy atom. The van der Waals surface area contributed by atoms with E-state index in [4.69, 9.17) is 16.3 Å². The normalized spacial score (nSPS) is 14.8. The van der Waals surface area contributed by atoms with E-state index >= 15 is 0 Å². The Kier molecular flexibility index (Phi) is 7.46. The lowest BCUT2D eigenvalue weighted by Gasteiger charge is -2.22. The average molecular weight is 529 g/mol. The van der Waals surface area contributed by atoms with E-state index < -0.39 is 6.04 Å². The molecule has 38 heavy (non-hydrogen) atoms. The minimum absolute atomic E-state index is 0.238. The number of hydrogen-bond donors (Lipinski definition) is 2. The van der Waals surface area contributed by atoms with Gasteiger partial charge in [-0.15, -0.1) is 0 Å². The summed E-state index contributed by atoms with van der Waals surface area (Å²) in [4.78, 5) is 39.3. The second-order valence-electron chi connectivity index (χ2n) is 8.75. The minimum atomic E-state index is -0.526. The number of aromatic nitrogens is 3. The molecule has 0 bridgehead atoms. The van der Waals surface area contributed by atoms with Gasteiger partial charge in [0.2, 0.25) is 11.8 Å². The molecule has 1 aliphatic heterocycles. The maximum atomic E-state index is 13.0. The van der Waals surface area contributed by atoms with Crippen LogP contribution in [0.5, 0.6) is 5.75 Å². The molecule has 2 aromatic heterocycles. The Morgan fingerprint density at radius 3 is 2.71 bits per heavy atom. The quantitative estimate of drug-likeness (QED) is 0.306. The molecule has 1 fully saturated rings. The van der Waals surface area contributed by atoms with Gasteiger partial charge in [0.25, 0.3) is 0 Å². The number of anilines is 3. The molecule has 0 unspecified atom stereocenters. The van der Waals surface area contributed by atoms with E-state index in [0.29, 0.717) is 58.4 Å². The number of nitrogens with zero attached hydrogens (tertiary/aromatic N) is 4.